The molecule has 0 aromatic carbocycles. The Morgan fingerprint density at radius 3 is 2.75 bits per heavy atom. The summed E-state index contributed by atoms with van der Waals surface area (Å²) in [6, 6.07) is 0.692. The Bertz CT molecular complexity index is 364. The highest BCUT2D eigenvalue weighted by Crippen LogP contribution is 2.39. The van der Waals surface area contributed by atoms with Crippen molar-refractivity contribution in [2.75, 3.05) is 0 Å². The van der Waals surface area contributed by atoms with Crippen molar-refractivity contribution in [3.8, 4) is 0 Å². The lowest BCUT2D eigenvalue weighted by Gasteiger charge is -2.17. The first-order valence-electron chi connectivity index (χ1n) is 6.32. The molecule has 1 aromatic heterocycles. The first-order valence-corrected chi connectivity index (χ1v) is 6.32. The van der Waals surface area contributed by atoms with Crippen LogP contribution in [0.25, 0.3) is 0 Å². The molecule has 0 amide bonds. The van der Waals surface area contributed by atoms with Crippen LogP contribution in [0.15, 0.2) is 4.42 Å². The summed E-state index contributed by atoms with van der Waals surface area (Å²) in [6.07, 6.45) is 7.52. The fourth-order valence-electron chi connectivity index (χ4n) is 2.46. The van der Waals surface area contributed by atoms with Gasteiger partial charge in [-0.2, -0.15) is 0 Å². The summed E-state index contributed by atoms with van der Waals surface area (Å²) in [5.74, 6) is 1.59. The van der Waals surface area contributed by atoms with E-state index in [-0.39, 0.29) is 5.41 Å². The first-order chi connectivity index (χ1) is 7.76. The second-order valence-electron chi connectivity index (χ2n) is 5.42. The Morgan fingerprint density at radius 2 is 2.06 bits per heavy atom. The fraction of sp³-hybridized carbons (Fsp3) is 0.833. The monoisotopic (exact) mass is 221 g/mol. The van der Waals surface area contributed by atoms with Gasteiger partial charge in [-0.15, -0.1) is 10.2 Å². The molecule has 1 heterocycles. The third-order valence-corrected chi connectivity index (χ3v) is 3.81. The van der Waals surface area contributed by atoms with Crippen LogP contribution in [0.3, 0.4) is 0 Å². The van der Waals surface area contributed by atoms with E-state index >= 15 is 0 Å². The van der Waals surface area contributed by atoms with E-state index < -0.39 is 0 Å². The minimum absolute atomic E-state index is 0.144. The van der Waals surface area contributed by atoms with E-state index in [0.29, 0.717) is 6.04 Å². The molecule has 0 aliphatic heterocycles. The van der Waals surface area contributed by atoms with Crippen molar-refractivity contribution in [2.24, 2.45) is 0 Å². The summed E-state index contributed by atoms with van der Waals surface area (Å²) in [5, 5.41) is 11.7. The maximum atomic E-state index is 5.76. The van der Waals surface area contributed by atoms with Crippen molar-refractivity contribution >= 4 is 0 Å². The topological polar surface area (TPSA) is 51.0 Å². The maximum absolute atomic E-state index is 5.76. The lowest BCUT2D eigenvalue weighted by Crippen LogP contribution is -2.17. The Labute approximate surface area is 95.8 Å². The zero-order valence-corrected chi connectivity index (χ0v) is 9.83. The zero-order valence-electron chi connectivity index (χ0n) is 9.83. The molecule has 0 radical (unpaired) electrons. The molecule has 0 saturated heterocycles. The van der Waals surface area contributed by atoms with Gasteiger partial charge in [-0.3, -0.25) is 0 Å². The van der Waals surface area contributed by atoms with Crippen LogP contribution in [0.1, 0.15) is 57.2 Å². The van der Waals surface area contributed by atoms with E-state index in [1.54, 1.807) is 0 Å². The average Bonchev–Trinajstić information content (AvgIpc) is 2.79. The van der Waals surface area contributed by atoms with Crippen molar-refractivity contribution in [2.45, 2.75) is 63.5 Å². The number of nitrogens with one attached hydrogen (secondary N) is 1. The molecular formula is C12H19N3O. The molecule has 16 heavy (non-hydrogen) atoms. The SMILES string of the molecule is CC1(c2nnc(CNC3CC3)o2)CCCC1. The first kappa shape index (κ1) is 10.3. The molecule has 0 bridgehead atoms. The Balaban J connectivity index is 1.66. The summed E-state index contributed by atoms with van der Waals surface area (Å²) >= 11 is 0. The van der Waals surface area contributed by atoms with Gasteiger partial charge in [0.15, 0.2) is 0 Å². The van der Waals surface area contributed by atoms with Crippen molar-refractivity contribution in [1.82, 2.24) is 15.5 Å². The molecule has 2 fully saturated rings. The van der Waals surface area contributed by atoms with E-state index in [1.165, 1.54) is 38.5 Å². The molecule has 2 aliphatic carbocycles. The fourth-order valence-corrected chi connectivity index (χ4v) is 2.46. The van der Waals surface area contributed by atoms with Crippen LogP contribution in [-0.4, -0.2) is 16.2 Å². The van der Waals surface area contributed by atoms with Gasteiger partial charge >= 0.3 is 0 Å². The predicted molar refractivity (Wildman–Crippen MR) is 60.0 cm³/mol. The average molecular weight is 221 g/mol. The van der Waals surface area contributed by atoms with E-state index in [1.807, 2.05) is 0 Å². The van der Waals surface area contributed by atoms with E-state index in [2.05, 4.69) is 22.4 Å². The van der Waals surface area contributed by atoms with Gasteiger partial charge in [-0.05, 0) is 25.7 Å². The molecule has 2 saturated carbocycles. The maximum Gasteiger partial charge on any atom is 0.230 e. The minimum atomic E-state index is 0.144. The van der Waals surface area contributed by atoms with Crippen LogP contribution in [0.5, 0.6) is 0 Å². The molecule has 0 atom stereocenters. The Hall–Kier alpha value is -0.900. The van der Waals surface area contributed by atoms with Crippen LogP contribution in [-0.2, 0) is 12.0 Å². The molecule has 4 nitrogen and oxygen atoms in total. The highest BCUT2D eigenvalue weighted by atomic mass is 16.4. The summed E-state index contributed by atoms with van der Waals surface area (Å²) in [7, 11) is 0. The van der Waals surface area contributed by atoms with Crippen molar-refractivity contribution < 1.29 is 4.42 Å². The van der Waals surface area contributed by atoms with Gasteiger partial charge in [0.05, 0.1) is 6.54 Å². The van der Waals surface area contributed by atoms with Crippen molar-refractivity contribution in [1.29, 1.82) is 0 Å². The largest absolute Gasteiger partial charge is 0.423 e. The molecule has 1 aromatic rings. The lowest BCUT2D eigenvalue weighted by molar-refractivity contribution is 0.332. The summed E-state index contributed by atoms with van der Waals surface area (Å²) in [6.45, 7) is 2.97. The van der Waals surface area contributed by atoms with Gasteiger partial charge < -0.3 is 9.73 Å². The highest BCUT2D eigenvalue weighted by molar-refractivity contribution is 5.04. The summed E-state index contributed by atoms with van der Waals surface area (Å²) in [5.41, 5.74) is 0.144. The lowest BCUT2D eigenvalue weighted by atomic mass is 9.89. The van der Waals surface area contributed by atoms with Crippen molar-refractivity contribution in [3.63, 3.8) is 0 Å². The highest BCUT2D eigenvalue weighted by Gasteiger charge is 2.35. The molecule has 88 valence electrons. The van der Waals surface area contributed by atoms with Gasteiger partial charge in [0.2, 0.25) is 11.8 Å². The van der Waals surface area contributed by atoms with E-state index in [0.717, 1.165) is 18.3 Å². The zero-order chi connectivity index (χ0) is 11.0. The smallest absolute Gasteiger partial charge is 0.230 e. The normalized spacial score (nSPS) is 23.8. The minimum Gasteiger partial charge on any atom is -0.423 e. The number of nitrogens with zero attached hydrogens (tertiary/aromatic N) is 2. The van der Waals surface area contributed by atoms with Gasteiger partial charge in [0.25, 0.3) is 0 Å². The molecular weight excluding hydrogens is 202 g/mol. The van der Waals surface area contributed by atoms with Crippen LogP contribution in [0, 0.1) is 0 Å². The molecule has 0 spiro atoms. The molecule has 3 rings (SSSR count). The van der Waals surface area contributed by atoms with Crippen LogP contribution in [0.2, 0.25) is 0 Å². The van der Waals surface area contributed by atoms with Gasteiger partial charge in [-0.1, -0.05) is 19.8 Å². The van der Waals surface area contributed by atoms with E-state index in [4.69, 9.17) is 4.42 Å². The number of hydrogen-bond donors (Lipinski definition) is 1. The van der Waals surface area contributed by atoms with Gasteiger partial charge in [0.1, 0.15) is 0 Å². The number of rotatable bonds is 4. The summed E-state index contributed by atoms with van der Waals surface area (Å²) < 4.78 is 5.76. The molecule has 4 heteroatoms. The second kappa shape index (κ2) is 3.84. The third kappa shape index (κ3) is 1.98. The summed E-state index contributed by atoms with van der Waals surface area (Å²) in [4.78, 5) is 0. The molecule has 1 N–H and O–H groups in total. The second-order valence-corrected chi connectivity index (χ2v) is 5.42. The third-order valence-electron chi connectivity index (χ3n) is 3.81. The van der Waals surface area contributed by atoms with E-state index in [9.17, 15) is 0 Å². The Kier molecular flexibility index (Phi) is 2.46. The number of aromatic nitrogens is 2. The Morgan fingerprint density at radius 1 is 1.31 bits per heavy atom. The predicted octanol–water partition coefficient (Wildman–Crippen LogP) is 2.15. The van der Waals surface area contributed by atoms with Crippen molar-refractivity contribution in [3.05, 3.63) is 11.8 Å². The van der Waals surface area contributed by atoms with Crippen LogP contribution < -0.4 is 5.32 Å². The molecule has 0 unspecified atom stereocenters. The van der Waals surface area contributed by atoms with Crippen LogP contribution in [0.4, 0.5) is 0 Å². The molecule has 2 aliphatic rings. The number of hydrogen-bond acceptors (Lipinski definition) is 4. The van der Waals surface area contributed by atoms with Gasteiger partial charge in [0, 0.05) is 11.5 Å². The standard InChI is InChI=1S/C12H19N3O/c1-12(6-2-3-7-12)11-15-14-10(16-11)8-13-9-4-5-9/h9,13H,2-8H2,1H3. The quantitative estimate of drug-likeness (QED) is 0.846. The van der Waals surface area contributed by atoms with Gasteiger partial charge in [-0.25, -0.2) is 0 Å². The van der Waals surface area contributed by atoms with Crippen LogP contribution >= 0.6 is 0 Å².